The van der Waals surface area contributed by atoms with Crippen molar-refractivity contribution in [2.75, 3.05) is 27.2 Å². The molecular weight excluding hydrogens is 294 g/mol. The summed E-state index contributed by atoms with van der Waals surface area (Å²) >= 11 is 0. The number of hydrogen-bond donors (Lipinski definition) is 2. The van der Waals surface area contributed by atoms with Gasteiger partial charge in [-0.15, -0.1) is 0 Å². The fourth-order valence-corrected chi connectivity index (χ4v) is 3.81. The number of nitrogens with one attached hydrogen (secondary N) is 1. The van der Waals surface area contributed by atoms with Crippen LogP contribution in [-0.2, 0) is 19.7 Å². The molecule has 0 aromatic carbocycles. The third kappa shape index (κ3) is 5.90. The number of ether oxygens (including phenoxy) is 1. The summed E-state index contributed by atoms with van der Waals surface area (Å²) in [5, 5.41) is 0. The van der Waals surface area contributed by atoms with E-state index >= 15 is 0 Å². The molecule has 8 heteroatoms. The second-order valence-corrected chi connectivity index (χ2v) is 7.32. The van der Waals surface area contributed by atoms with E-state index in [1.807, 2.05) is 0 Å². The molecule has 3 N–H and O–H groups in total. The van der Waals surface area contributed by atoms with Crippen molar-refractivity contribution in [2.24, 2.45) is 11.7 Å². The van der Waals surface area contributed by atoms with Gasteiger partial charge in [0.25, 0.3) is 10.2 Å². The summed E-state index contributed by atoms with van der Waals surface area (Å²) in [4.78, 5) is 11.1. The lowest BCUT2D eigenvalue weighted by atomic mass is 9.84. The van der Waals surface area contributed by atoms with E-state index < -0.39 is 16.2 Å². The summed E-state index contributed by atoms with van der Waals surface area (Å²) in [6, 6.07) is -0.240. The first kappa shape index (κ1) is 18.3. The molecule has 1 aliphatic rings. The van der Waals surface area contributed by atoms with Crippen LogP contribution in [0.15, 0.2) is 0 Å². The van der Waals surface area contributed by atoms with E-state index in [9.17, 15) is 13.2 Å². The summed E-state index contributed by atoms with van der Waals surface area (Å²) in [7, 11) is -0.905. The monoisotopic (exact) mass is 321 g/mol. The second kappa shape index (κ2) is 8.67. The SMILES string of the molecule is COC(=O)CCN(C)S(=O)(=O)NC(CN)C1CCCCC1. The Labute approximate surface area is 127 Å². The first-order chi connectivity index (χ1) is 9.90. The Morgan fingerprint density at radius 2 is 2.00 bits per heavy atom. The lowest BCUT2D eigenvalue weighted by molar-refractivity contribution is -0.140. The molecule has 0 amide bonds. The maximum Gasteiger partial charge on any atom is 0.306 e. The van der Waals surface area contributed by atoms with Crippen LogP contribution in [0.25, 0.3) is 0 Å². The van der Waals surface area contributed by atoms with Gasteiger partial charge in [-0.2, -0.15) is 17.4 Å². The van der Waals surface area contributed by atoms with Crippen LogP contribution in [-0.4, -0.2) is 52.0 Å². The van der Waals surface area contributed by atoms with Crippen molar-refractivity contribution < 1.29 is 17.9 Å². The number of hydrogen-bond acceptors (Lipinski definition) is 5. The first-order valence-corrected chi connectivity index (χ1v) is 8.85. The molecule has 1 unspecified atom stereocenters. The molecule has 1 aliphatic carbocycles. The molecule has 0 aromatic rings. The predicted molar refractivity (Wildman–Crippen MR) is 80.7 cm³/mol. The van der Waals surface area contributed by atoms with Crippen LogP contribution >= 0.6 is 0 Å². The van der Waals surface area contributed by atoms with Gasteiger partial charge in [-0.25, -0.2) is 0 Å². The normalized spacial score (nSPS) is 18.7. The Balaban J connectivity index is 2.57. The highest BCUT2D eigenvalue weighted by Crippen LogP contribution is 2.26. The van der Waals surface area contributed by atoms with Crippen molar-refractivity contribution in [1.82, 2.24) is 9.03 Å². The number of carbonyl (C=O) groups excluding carboxylic acids is 1. The molecule has 0 saturated heterocycles. The lowest BCUT2D eigenvalue weighted by Gasteiger charge is -2.31. The van der Waals surface area contributed by atoms with E-state index in [-0.39, 0.29) is 25.6 Å². The first-order valence-electron chi connectivity index (χ1n) is 7.41. The zero-order valence-corrected chi connectivity index (χ0v) is 13.7. The minimum atomic E-state index is -3.63. The molecule has 21 heavy (non-hydrogen) atoms. The van der Waals surface area contributed by atoms with Gasteiger partial charge in [-0.05, 0) is 18.8 Å². The van der Waals surface area contributed by atoms with Crippen LogP contribution < -0.4 is 10.5 Å². The number of nitrogens with two attached hydrogens (primary N) is 1. The number of nitrogens with zero attached hydrogens (tertiary/aromatic N) is 1. The van der Waals surface area contributed by atoms with Gasteiger partial charge in [-0.1, -0.05) is 19.3 Å². The number of rotatable bonds is 8. The van der Waals surface area contributed by atoms with Crippen molar-refractivity contribution in [3.05, 3.63) is 0 Å². The van der Waals surface area contributed by atoms with Gasteiger partial charge in [0.15, 0.2) is 0 Å². The maximum absolute atomic E-state index is 12.3. The maximum atomic E-state index is 12.3. The van der Waals surface area contributed by atoms with E-state index in [1.165, 1.54) is 20.6 Å². The Morgan fingerprint density at radius 1 is 1.38 bits per heavy atom. The van der Waals surface area contributed by atoms with Gasteiger partial charge in [-0.3, -0.25) is 4.79 Å². The quantitative estimate of drug-likeness (QED) is 0.623. The highest BCUT2D eigenvalue weighted by molar-refractivity contribution is 7.87. The van der Waals surface area contributed by atoms with Gasteiger partial charge >= 0.3 is 5.97 Å². The zero-order valence-electron chi connectivity index (χ0n) is 12.9. The summed E-state index contributed by atoms with van der Waals surface area (Å²) in [6.07, 6.45) is 5.51. The summed E-state index contributed by atoms with van der Waals surface area (Å²) in [5.74, 6) is -0.132. The van der Waals surface area contributed by atoms with Crippen molar-refractivity contribution >= 4 is 16.2 Å². The molecule has 0 aromatic heterocycles. The minimum Gasteiger partial charge on any atom is -0.469 e. The van der Waals surface area contributed by atoms with Crippen molar-refractivity contribution in [3.63, 3.8) is 0 Å². The van der Waals surface area contributed by atoms with Crippen LogP contribution in [0.4, 0.5) is 0 Å². The zero-order chi connectivity index (χ0) is 15.9. The largest absolute Gasteiger partial charge is 0.469 e. The smallest absolute Gasteiger partial charge is 0.306 e. The molecule has 7 nitrogen and oxygen atoms in total. The molecule has 1 saturated carbocycles. The van der Waals surface area contributed by atoms with Gasteiger partial charge < -0.3 is 10.5 Å². The molecule has 0 bridgehead atoms. The van der Waals surface area contributed by atoms with Crippen molar-refractivity contribution in [1.29, 1.82) is 0 Å². The number of carbonyl (C=O) groups is 1. The van der Waals surface area contributed by atoms with Crippen LogP contribution in [0.2, 0.25) is 0 Å². The van der Waals surface area contributed by atoms with Gasteiger partial charge in [0.2, 0.25) is 0 Å². The summed E-state index contributed by atoms with van der Waals surface area (Å²) in [6.45, 7) is 0.374. The Kier molecular flexibility index (Phi) is 7.58. The second-order valence-electron chi connectivity index (χ2n) is 5.51. The molecule has 1 fully saturated rings. The summed E-state index contributed by atoms with van der Waals surface area (Å²) < 4.78 is 32.8. The fraction of sp³-hybridized carbons (Fsp3) is 0.923. The molecule has 0 heterocycles. The number of esters is 1. The minimum absolute atomic E-state index is 0.0324. The molecule has 124 valence electrons. The molecule has 0 aliphatic heterocycles. The molecule has 0 spiro atoms. The molecule has 0 radical (unpaired) electrons. The van der Waals surface area contributed by atoms with Crippen LogP contribution in [0, 0.1) is 5.92 Å². The molecule has 1 rings (SSSR count). The van der Waals surface area contributed by atoms with Crippen molar-refractivity contribution in [2.45, 2.75) is 44.6 Å². The van der Waals surface area contributed by atoms with Crippen LogP contribution in [0.3, 0.4) is 0 Å². The van der Waals surface area contributed by atoms with E-state index in [2.05, 4.69) is 9.46 Å². The molecular formula is C13H27N3O4S. The average Bonchev–Trinajstić information content (AvgIpc) is 2.50. The third-order valence-electron chi connectivity index (χ3n) is 4.04. The van der Waals surface area contributed by atoms with Crippen LogP contribution in [0.5, 0.6) is 0 Å². The topological polar surface area (TPSA) is 102 Å². The third-order valence-corrected chi connectivity index (χ3v) is 5.65. The van der Waals surface area contributed by atoms with E-state index in [4.69, 9.17) is 5.73 Å². The average molecular weight is 321 g/mol. The summed E-state index contributed by atoms with van der Waals surface area (Å²) in [5.41, 5.74) is 5.74. The fourth-order valence-electron chi connectivity index (χ4n) is 2.63. The van der Waals surface area contributed by atoms with E-state index in [1.54, 1.807) is 0 Å². The van der Waals surface area contributed by atoms with E-state index in [0.29, 0.717) is 5.92 Å². The highest BCUT2D eigenvalue weighted by Gasteiger charge is 2.28. The van der Waals surface area contributed by atoms with Crippen molar-refractivity contribution in [3.8, 4) is 0 Å². The highest BCUT2D eigenvalue weighted by atomic mass is 32.2. The number of methoxy groups -OCH3 is 1. The lowest BCUT2D eigenvalue weighted by Crippen LogP contribution is -2.50. The van der Waals surface area contributed by atoms with Gasteiger partial charge in [0, 0.05) is 26.2 Å². The Bertz CT molecular complexity index is 421. The standard InChI is InChI=1S/C13H27N3O4S/c1-16(9-8-13(17)20-2)21(18,19)15-12(10-14)11-6-4-3-5-7-11/h11-12,15H,3-10,14H2,1-2H3. The van der Waals surface area contributed by atoms with E-state index in [0.717, 1.165) is 30.0 Å². The van der Waals surface area contributed by atoms with Crippen LogP contribution in [0.1, 0.15) is 38.5 Å². The predicted octanol–water partition coefficient (Wildman–Crippen LogP) is 0.223. The van der Waals surface area contributed by atoms with Gasteiger partial charge in [0.05, 0.1) is 13.5 Å². The molecule has 1 atom stereocenters. The van der Waals surface area contributed by atoms with Gasteiger partial charge in [0.1, 0.15) is 0 Å². The Morgan fingerprint density at radius 3 is 2.52 bits per heavy atom. The Hall–Kier alpha value is -0.700.